The molecule has 0 saturated carbocycles. The second-order valence-electron chi connectivity index (χ2n) is 4.39. The summed E-state index contributed by atoms with van der Waals surface area (Å²) in [5.41, 5.74) is 2.05. The first-order valence-electron chi connectivity index (χ1n) is 5.70. The van der Waals surface area contributed by atoms with Crippen LogP contribution in [0.4, 0.5) is 0 Å². The summed E-state index contributed by atoms with van der Waals surface area (Å²) in [5.74, 6) is -1.19. The van der Waals surface area contributed by atoms with Gasteiger partial charge < -0.3 is 9.84 Å². The predicted molar refractivity (Wildman–Crippen MR) is 67.9 cm³/mol. The van der Waals surface area contributed by atoms with Crippen LogP contribution in [0.2, 0.25) is 0 Å². The number of benzene rings is 1. The molecule has 1 fully saturated rings. The Labute approximate surface area is 109 Å². The Hall–Kier alpha value is -0.870. The summed E-state index contributed by atoms with van der Waals surface area (Å²) in [5, 5.41) is 9.20. The summed E-state index contributed by atoms with van der Waals surface area (Å²) in [4.78, 5) is 11.2. The second-order valence-corrected chi connectivity index (χ2v) is 5.24. The minimum absolute atomic E-state index is 0.312. The minimum Gasteiger partial charge on any atom is -0.481 e. The Morgan fingerprint density at radius 1 is 1.53 bits per heavy atom. The molecule has 4 heteroatoms. The molecule has 0 aliphatic carbocycles. The van der Waals surface area contributed by atoms with E-state index in [2.05, 4.69) is 15.9 Å². The highest BCUT2D eigenvalue weighted by atomic mass is 79.9. The highest BCUT2D eigenvalue weighted by Crippen LogP contribution is 2.35. The molecule has 3 nitrogen and oxygen atoms in total. The first-order chi connectivity index (χ1) is 8.09. The van der Waals surface area contributed by atoms with Crippen molar-refractivity contribution >= 4 is 21.9 Å². The first-order valence-corrected chi connectivity index (χ1v) is 6.49. The third-order valence-corrected chi connectivity index (χ3v) is 4.04. The van der Waals surface area contributed by atoms with Crippen LogP contribution in [0.15, 0.2) is 22.7 Å². The van der Waals surface area contributed by atoms with Gasteiger partial charge in [0.05, 0.1) is 12.0 Å². The highest BCUT2D eigenvalue weighted by Gasteiger charge is 2.32. The molecule has 1 saturated heterocycles. The van der Waals surface area contributed by atoms with Gasteiger partial charge in [-0.3, -0.25) is 4.79 Å². The van der Waals surface area contributed by atoms with Gasteiger partial charge >= 0.3 is 5.97 Å². The van der Waals surface area contributed by atoms with E-state index < -0.39 is 11.9 Å². The molecule has 2 rings (SSSR count). The normalized spacial score (nSPS) is 24.6. The van der Waals surface area contributed by atoms with Crippen LogP contribution in [-0.2, 0) is 9.53 Å². The average Bonchev–Trinajstić information content (AvgIpc) is 2.32. The average molecular weight is 299 g/mol. The van der Waals surface area contributed by atoms with Crippen LogP contribution in [0, 0.1) is 12.8 Å². The van der Waals surface area contributed by atoms with E-state index in [1.165, 1.54) is 0 Å². The summed E-state index contributed by atoms with van der Waals surface area (Å²) < 4.78 is 6.67. The van der Waals surface area contributed by atoms with E-state index in [9.17, 15) is 9.90 Å². The van der Waals surface area contributed by atoms with Crippen LogP contribution in [0.5, 0.6) is 0 Å². The van der Waals surface area contributed by atoms with Crippen LogP contribution in [0.1, 0.15) is 30.1 Å². The smallest absolute Gasteiger partial charge is 0.309 e. The summed E-state index contributed by atoms with van der Waals surface area (Å²) in [7, 11) is 0. The topological polar surface area (TPSA) is 46.5 Å². The maximum Gasteiger partial charge on any atom is 0.309 e. The van der Waals surface area contributed by atoms with E-state index in [0.29, 0.717) is 13.0 Å². The van der Waals surface area contributed by atoms with Crippen molar-refractivity contribution in [3.8, 4) is 0 Å². The Morgan fingerprint density at radius 2 is 2.29 bits per heavy atom. The molecule has 0 aromatic heterocycles. The van der Waals surface area contributed by atoms with Crippen molar-refractivity contribution in [2.24, 2.45) is 5.92 Å². The highest BCUT2D eigenvalue weighted by molar-refractivity contribution is 9.10. The Balaban J connectivity index is 2.29. The fourth-order valence-electron chi connectivity index (χ4n) is 2.21. The zero-order valence-corrected chi connectivity index (χ0v) is 11.2. The zero-order valence-electron chi connectivity index (χ0n) is 9.65. The number of hydrogen-bond donors (Lipinski definition) is 1. The van der Waals surface area contributed by atoms with E-state index >= 15 is 0 Å². The first kappa shape index (κ1) is 12.6. The molecule has 17 heavy (non-hydrogen) atoms. The van der Waals surface area contributed by atoms with E-state index in [-0.39, 0.29) is 6.10 Å². The number of aliphatic carboxylic acids is 1. The largest absolute Gasteiger partial charge is 0.481 e. The predicted octanol–water partition coefficient (Wildman–Crippen LogP) is 3.31. The van der Waals surface area contributed by atoms with Crippen LogP contribution in [-0.4, -0.2) is 17.7 Å². The maximum absolute atomic E-state index is 11.2. The van der Waals surface area contributed by atoms with Gasteiger partial charge in [0.25, 0.3) is 0 Å². The zero-order chi connectivity index (χ0) is 12.4. The lowest BCUT2D eigenvalue weighted by Crippen LogP contribution is -2.28. The number of ether oxygens (including phenoxy) is 1. The molecule has 1 aliphatic heterocycles. The van der Waals surface area contributed by atoms with Gasteiger partial charge in [-0.2, -0.15) is 0 Å². The minimum atomic E-state index is -0.768. The van der Waals surface area contributed by atoms with Crippen LogP contribution < -0.4 is 0 Å². The molecule has 1 N–H and O–H groups in total. The van der Waals surface area contributed by atoms with Crippen molar-refractivity contribution in [1.82, 2.24) is 0 Å². The van der Waals surface area contributed by atoms with Crippen molar-refractivity contribution in [3.63, 3.8) is 0 Å². The maximum atomic E-state index is 11.2. The van der Waals surface area contributed by atoms with Gasteiger partial charge in [0, 0.05) is 11.1 Å². The van der Waals surface area contributed by atoms with Crippen LogP contribution >= 0.6 is 15.9 Å². The lowest BCUT2D eigenvalue weighted by atomic mass is 9.89. The molecule has 2 unspecified atom stereocenters. The lowest BCUT2D eigenvalue weighted by Gasteiger charge is -2.29. The van der Waals surface area contributed by atoms with E-state index in [0.717, 1.165) is 22.0 Å². The third kappa shape index (κ3) is 2.69. The lowest BCUT2D eigenvalue weighted by molar-refractivity contribution is -0.151. The van der Waals surface area contributed by atoms with E-state index in [1.807, 2.05) is 25.1 Å². The van der Waals surface area contributed by atoms with Gasteiger partial charge in [-0.25, -0.2) is 0 Å². The Morgan fingerprint density at radius 3 is 2.94 bits per heavy atom. The van der Waals surface area contributed by atoms with Gasteiger partial charge in [0.1, 0.15) is 0 Å². The van der Waals surface area contributed by atoms with Gasteiger partial charge in [-0.1, -0.05) is 28.1 Å². The van der Waals surface area contributed by atoms with Gasteiger partial charge in [-0.15, -0.1) is 0 Å². The monoisotopic (exact) mass is 298 g/mol. The molecule has 0 radical (unpaired) electrons. The number of halogens is 1. The molecule has 0 bridgehead atoms. The summed E-state index contributed by atoms with van der Waals surface area (Å²) >= 11 is 3.44. The molecular weight excluding hydrogens is 284 g/mol. The fraction of sp³-hybridized carbons (Fsp3) is 0.462. The molecule has 1 aliphatic rings. The summed E-state index contributed by atoms with van der Waals surface area (Å²) in [6.45, 7) is 2.63. The molecular formula is C13H15BrO3. The number of carbonyl (C=O) groups is 1. The third-order valence-electron chi connectivity index (χ3n) is 3.15. The van der Waals surface area contributed by atoms with Crippen LogP contribution in [0.3, 0.4) is 0 Å². The number of aryl methyl sites for hydroxylation is 1. The van der Waals surface area contributed by atoms with Crippen molar-refractivity contribution in [2.75, 3.05) is 6.61 Å². The quantitative estimate of drug-likeness (QED) is 0.911. The number of carboxylic acids is 1. The van der Waals surface area contributed by atoms with Crippen molar-refractivity contribution in [3.05, 3.63) is 33.8 Å². The number of hydrogen-bond acceptors (Lipinski definition) is 2. The molecule has 92 valence electrons. The summed E-state index contributed by atoms with van der Waals surface area (Å²) in [6, 6.07) is 5.88. The van der Waals surface area contributed by atoms with E-state index in [4.69, 9.17) is 4.74 Å². The second kappa shape index (κ2) is 5.19. The standard InChI is InChI=1S/C13H15BrO3/c1-8-7-9(4-5-11(8)14)12-10(13(15)16)3-2-6-17-12/h4-5,7,10,12H,2-3,6H2,1H3,(H,15,16). The van der Waals surface area contributed by atoms with Gasteiger partial charge in [-0.05, 0) is 37.0 Å². The van der Waals surface area contributed by atoms with Crippen molar-refractivity contribution in [2.45, 2.75) is 25.9 Å². The molecule has 0 spiro atoms. The molecule has 0 amide bonds. The SMILES string of the molecule is Cc1cc(C2OCCCC2C(=O)O)ccc1Br. The van der Waals surface area contributed by atoms with E-state index in [1.54, 1.807) is 0 Å². The fourth-order valence-corrected chi connectivity index (χ4v) is 2.45. The van der Waals surface area contributed by atoms with Gasteiger partial charge in [0.2, 0.25) is 0 Å². The van der Waals surface area contributed by atoms with Crippen LogP contribution in [0.25, 0.3) is 0 Å². The van der Waals surface area contributed by atoms with Gasteiger partial charge in [0.15, 0.2) is 0 Å². The number of rotatable bonds is 2. The van der Waals surface area contributed by atoms with Crippen molar-refractivity contribution < 1.29 is 14.6 Å². The molecule has 1 aromatic rings. The van der Waals surface area contributed by atoms with Crippen molar-refractivity contribution in [1.29, 1.82) is 0 Å². The Kier molecular flexibility index (Phi) is 3.84. The Bertz CT molecular complexity index is 431. The summed E-state index contributed by atoms with van der Waals surface area (Å²) in [6.07, 6.45) is 1.20. The molecule has 1 aromatic carbocycles. The molecule has 2 atom stereocenters. The number of carboxylic acid groups (broad SMARTS) is 1. The molecule has 1 heterocycles.